The third-order valence-electron chi connectivity index (χ3n) is 5.55. The van der Waals surface area contributed by atoms with Crippen LogP contribution in [-0.2, 0) is 0 Å². The number of nitrogens with one attached hydrogen (secondary N) is 1. The fraction of sp³-hybridized carbons (Fsp3) is 0.409. The summed E-state index contributed by atoms with van der Waals surface area (Å²) in [5.74, 6) is 1.54. The third kappa shape index (κ3) is 4.11. The minimum absolute atomic E-state index is 0.517. The Kier molecular flexibility index (Phi) is 5.26. The number of likely N-dealkylation sites (N-methyl/N-ethyl adjacent to an activating group) is 1. The van der Waals surface area contributed by atoms with E-state index in [1.165, 1.54) is 12.8 Å². The maximum atomic E-state index is 5.33. The van der Waals surface area contributed by atoms with Crippen LogP contribution in [0.3, 0.4) is 0 Å². The van der Waals surface area contributed by atoms with Crippen LogP contribution in [0.2, 0.25) is 0 Å². The van der Waals surface area contributed by atoms with Crippen LogP contribution < -0.4 is 15.0 Å². The standard InChI is InChI=1S/C22H26N6OS/c1-27-11-13-28(14-12-27)22-26-19(15-3-7-17(29-2)8-4-15)20(30-22)18-9-10-23-21(25-18)24-16-5-6-16/h3-4,7-10,16H,5-6,11-14H2,1-2H3,(H,23,24,25). The molecule has 2 aliphatic rings. The van der Waals surface area contributed by atoms with E-state index in [9.17, 15) is 0 Å². The Morgan fingerprint density at radius 1 is 1.03 bits per heavy atom. The lowest BCUT2D eigenvalue weighted by Gasteiger charge is -2.32. The Labute approximate surface area is 180 Å². The monoisotopic (exact) mass is 422 g/mol. The van der Waals surface area contributed by atoms with E-state index in [4.69, 9.17) is 14.7 Å². The average molecular weight is 423 g/mol. The van der Waals surface area contributed by atoms with Crippen LogP contribution in [0, 0.1) is 0 Å². The summed E-state index contributed by atoms with van der Waals surface area (Å²) in [6.45, 7) is 4.08. The van der Waals surface area contributed by atoms with Crippen LogP contribution in [0.15, 0.2) is 36.5 Å². The number of hydrogen-bond donors (Lipinski definition) is 1. The largest absolute Gasteiger partial charge is 0.497 e. The summed E-state index contributed by atoms with van der Waals surface area (Å²) < 4.78 is 5.33. The molecule has 1 aromatic carbocycles. The smallest absolute Gasteiger partial charge is 0.223 e. The molecule has 0 radical (unpaired) electrons. The molecule has 1 saturated carbocycles. The van der Waals surface area contributed by atoms with Gasteiger partial charge in [0.2, 0.25) is 5.95 Å². The Hall–Kier alpha value is -2.71. The molecule has 3 aromatic rings. The first-order valence-corrected chi connectivity index (χ1v) is 11.2. The first-order valence-electron chi connectivity index (χ1n) is 10.4. The van der Waals surface area contributed by atoms with E-state index in [-0.39, 0.29) is 0 Å². The van der Waals surface area contributed by atoms with Crippen molar-refractivity contribution in [1.29, 1.82) is 0 Å². The minimum Gasteiger partial charge on any atom is -0.497 e. The van der Waals surface area contributed by atoms with Crippen LogP contribution in [-0.4, -0.2) is 66.2 Å². The van der Waals surface area contributed by atoms with Crippen molar-refractivity contribution >= 4 is 22.4 Å². The van der Waals surface area contributed by atoms with E-state index in [1.54, 1.807) is 18.4 Å². The van der Waals surface area contributed by atoms with Crippen molar-refractivity contribution < 1.29 is 4.74 Å². The Balaban J connectivity index is 1.53. The van der Waals surface area contributed by atoms with Gasteiger partial charge in [-0.05, 0) is 50.2 Å². The van der Waals surface area contributed by atoms with Gasteiger partial charge in [0.15, 0.2) is 5.13 Å². The van der Waals surface area contributed by atoms with Crippen molar-refractivity contribution in [2.24, 2.45) is 0 Å². The Morgan fingerprint density at radius 2 is 1.80 bits per heavy atom. The summed E-state index contributed by atoms with van der Waals surface area (Å²) in [5, 5.41) is 4.46. The van der Waals surface area contributed by atoms with Gasteiger partial charge in [0, 0.05) is 44.0 Å². The number of anilines is 2. The first-order chi connectivity index (χ1) is 14.7. The molecule has 2 fully saturated rings. The fourth-order valence-corrected chi connectivity index (χ4v) is 4.63. The van der Waals surface area contributed by atoms with Gasteiger partial charge >= 0.3 is 0 Å². The number of thiazole rings is 1. The Bertz CT molecular complexity index is 1010. The summed E-state index contributed by atoms with van der Waals surface area (Å²) >= 11 is 1.72. The van der Waals surface area contributed by atoms with Gasteiger partial charge in [0.05, 0.1) is 23.4 Å². The second kappa shape index (κ2) is 8.20. The highest BCUT2D eigenvalue weighted by Gasteiger charge is 2.24. The number of aromatic nitrogens is 3. The van der Waals surface area contributed by atoms with E-state index in [1.807, 2.05) is 24.4 Å². The average Bonchev–Trinajstić information content (AvgIpc) is 3.48. The molecule has 3 heterocycles. The van der Waals surface area contributed by atoms with Gasteiger partial charge < -0.3 is 19.9 Å². The molecule has 1 aliphatic heterocycles. The molecule has 7 nitrogen and oxygen atoms in total. The summed E-state index contributed by atoms with van der Waals surface area (Å²) in [5.41, 5.74) is 2.95. The van der Waals surface area contributed by atoms with E-state index in [0.29, 0.717) is 12.0 Å². The van der Waals surface area contributed by atoms with Crippen molar-refractivity contribution in [1.82, 2.24) is 19.9 Å². The van der Waals surface area contributed by atoms with Gasteiger partial charge in [-0.1, -0.05) is 11.3 Å². The molecule has 0 spiro atoms. The lowest BCUT2D eigenvalue weighted by Crippen LogP contribution is -2.44. The molecule has 0 amide bonds. The molecule has 0 unspecified atom stereocenters. The predicted octanol–water partition coefficient (Wildman–Crippen LogP) is 3.60. The number of benzene rings is 1. The predicted molar refractivity (Wildman–Crippen MR) is 121 cm³/mol. The lowest BCUT2D eigenvalue weighted by molar-refractivity contribution is 0.313. The van der Waals surface area contributed by atoms with E-state index >= 15 is 0 Å². The molecule has 0 atom stereocenters. The van der Waals surface area contributed by atoms with Gasteiger partial charge in [-0.2, -0.15) is 0 Å². The van der Waals surface area contributed by atoms with Crippen LogP contribution in [0.25, 0.3) is 21.8 Å². The SMILES string of the molecule is COc1ccc(-c2nc(N3CCN(C)CC3)sc2-c2ccnc(NC3CC3)n2)cc1. The van der Waals surface area contributed by atoms with Crippen LogP contribution in [0.4, 0.5) is 11.1 Å². The molecule has 1 saturated heterocycles. The highest BCUT2D eigenvalue weighted by Crippen LogP contribution is 2.40. The van der Waals surface area contributed by atoms with Crippen molar-refractivity contribution in [3.8, 4) is 27.6 Å². The van der Waals surface area contributed by atoms with Gasteiger partial charge in [0.25, 0.3) is 0 Å². The summed E-state index contributed by atoms with van der Waals surface area (Å²) in [6, 6.07) is 10.6. The molecule has 8 heteroatoms. The van der Waals surface area contributed by atoms with E-state index < -0.39 is 0 Å². The number of methoxy groups -OCH3 is 1. The molecular weight excluding hydrogens is 396 g/mol. The minimum atomic E-state index is 0.517. The molecule has 2 aromatic heterocycles. The molecule has 0 bridgehead atoms. The highest BCUT2D eigenvalue weighted by molar-refractivity contribution is 7.19. The second-order valence-corrected chi connectivity index (χ2v) is 8.85. The third-order valence-corrected chi connectivity index (χ3v) is 6.69. The molecule has 1 aliphatic carbocycles. The fourth-order valence-electron chi connectivity index (χ4n) is 3.52. The van der Waals surface area contributed by atoms with Crippen LogP contribution in [0.5, 0.6) is 5.75 Å². The summed E-state index contributed by atoms with van der Waals surface area (Å²) in [7, 11) is 3.85. The number of nitrogens with zero attached hydrogens (tertiary/aromatic N) is 5. The molecule has 30 heavy (non-hydrogen) atoms. The quantitative estimate of drug-likeness (QED) is 0.651. The Morgan fingerprint density at radius 3 is 2.50 bits per heavy atom. The molecule has 156 valence electrons. The van der Waals surface area contributed by atoms with Crippen molar-refractivity contribution in [2.45, 2.75) is 18.9 Å². The van der Waals surface area contributed by atoms with E-state index in [2.05, 4.69) is 39.3 Å². The van der Waals surface area contributed by atoms with Crippen LogP contribution in [0.1, 0.15) is 12.8 Å². The lowest BCUT2D eigenvalue weighted by atomic mass is 10.1. The maximum Gasteiger partial charge on any atom is 0.223 e. The molecular formula is C22H26N6OS. The normalized spacial score (nSPS) is 17.2. The molecule has 1 N–H and O–H groups in total. The zero-order valence-electron chi connectivity index (χ0n) is 17.3. The highest BCUT2D eigenvalue weighted by atomic mass is 32.1. The second-order valence-electron chi connectivity index (χ2n) is 7.88. The topological polar surface area (TPSA) is 66.4 Å². The van der Waals surface area contributed by atoms with Crippen molar-refractivity contribution in [3.63, 3.8) is 0 Å². The van der Waals surface area contributed by atoms with Crippen molar-refractivity contribution in [2.75, 3.05) is 50.6 Å². The zero-order valence-corrected chi connectivity index (χ0v) is 18.2. The number of rotatable bonds is 6. The van der Waals surface area contributed by atoms with Gasteiger partial charge in [-0.3, -0.25) is 0 Å². The van der Waals surface area contributed by atoms with Crippen molar-refractivity contribution in [3.05, 3.63) is 36.5 Å². The summed E-state index contributed by atoms with van der Waals surface area (Å²) in [6.07, 6.45) is 4.22. The van der Waals surface area contributed by atoms with Gasteiger partial charge in [-0.25, -0.2) is 15.0 Å². The number of piperazine rings is 1. The number of hydrogen-bond acceptors (Lipinski definition) is 8. The first kappa shape index (κ1) is 19.3. The molecule has 5 rings (SSSR count). The van der Waals surface area contributed by atoms with Crippen LogP contribution >= 0.6 is 11.3 Å². The van der Waals surface area contributed by atoms with Gasteiger partial charge in [0.1, 0.15) is 5.75 Å². The maximum absolute atomic E-state index is 5.33. The van der Waals surface area contributed by atoms with E-state index in [0.717, 1.165) is 58.9 Å². The van der Waals surface area contributed by atoms with Gasteiger partial charge in [-0.15, -0.1) is 0 Å². The number of ether oxygens (including phenoxy) is 1. The summed E-state index contributed by atoms with van der Waals surface area (Å²) in [4.78, 5) is 20.1. The zero-order chi connectivity index (χ0) is 20.5.